The van der Waals surface area contributed by atoms with Crippen LogP contribution in [0.2, 0.25) is 0 Å². The smallest absolute Gasteiger partial charge is 0.235 e. The lowest BCUT2D eigenvalue weighted by Gasteiger charge is -2.24. The van der Waals surface area contributed by atoms with Crippen LogP contribution < -0.4 is 9.47 Å². The van der Waals surface area contributed by atoms with Crippen molar-refractivity contribution in [3.05, 3.63) is 59.9 Å². The van der Waals surface area contributed by atoms with Gasteiger partial charge in [-0.3, -0.25) is 0 Å². The van der Waals surface area contributed by atoms with Gasteiger partial charge in [0.05, 0.1) is 0 Å². The number of nitrogens with zero attached hydrogens (tertiary/aromatic N) is 4. The van der Waals surface area contributed by atoms with Crippen LogP contribution in [0.4, 0.5) is 0 Å². The van der Waals surface area contributed by atoms with Crippen molar-refractivity contribution >= 4 is 16.3 Å². The van der Waals surface area contributed by atoms with Crippen LogP contribution in [0, 0.1) is 6.92 Å². The molecule has 0 aliphatic carbocycles. The molecule has 7 heteroatoms. The highest BCUT2D eigenvalue weighted by atomic mass is 32.1. The van der Waals surface area contributed by atoms with E-state index in [4.69, 9.17) is 14.6 Å². The summed E-state index contributed by atoms with van der Waals surface area (Å²) in [6.45, 7) is 2.46. The SMILES string of the molecule is Cc1ccccc1-c1nn2c([C@H]3COc4ccccc4O3)nnc2s1. The minimum Gasteiger partial charge on any atom is -0.485 e. The average Bonchev–Trinajstić information content (AvgIpc) is 3.22. The number of fused-ring (bicyclic) bond motifs is 2. The number of ether oxygens (including phenoxy) is 2. The van der Waals surface area contributed by atoms with Gasteiger partial charge in [-0.25, -0.2) is 0 Å². The largest absolute Gasteiger partial charge is 0.485 e. The second kappa shape index (κ2) is 5.56. The highest BCUT2D eigenvalue weighted by Gasteiger charge is 2.28. The second-order valence-corrected chi connectivity index (χ2v) is 6.79. The molecule has 1 aliphatic rings. The summed E-state index contributed by atoms with van der Waals surface area (Å²) in [4.78, 5) is 0.746. The highest BCUT2D eigenvalue weighted by molar-refractivity contribution is 7.19. The lowest BCUT2D eigenvalue weighted by Crippen LogP contribution is -2.23. The number of rotatable bonds is 2. The van der Waals surface area contributed by atoms with Gasteiger partial charge < -0.3 is 9.47 Å². The summed E-state index contributed by atoms with van der Waals surface area (Å²) >= 11 is 1.52. The molecule has 0 radical (unpaired) electrons. The van der Waals surface area contributed by atoms with E-state index in [0.717, 1.165) is 21.3 Å². The molecule has 1 atom stereocenters. The van der Waals surface area contributed by atoms with Gasteiger partial charge in [-0.05, 0) is 24.6 Å². The first-order valence-corrected chi connectivity index (χ1v) is 8.78. The predicted octanol–water partition coefficient (Wildman–Crippen LogP) is 3.67. The van der Waals surface area contributed by atoms with Crippen molar-refractivity contribution in [1.29, 1.82) is 0 Å². The van der Waals surface area contributed by atoms with Crippen molar-refractivity contribution in [2.24, 2.45) is 0 Å². The van der Waals surface area contributed by atoms with Crippen LogP contribution in [-0.4, -0.2) is 26.4 Å². The Labute approximate surface area is 147 Å². The Morgan fingerprint density at radius 1 is 1.04 bits per heavy atom. The first kappa shape index (κ1) is 14.4. The number of hydrogen-bond donors (Lipinski definition) is 0. The standard InChI is InChI=1S/C18H14N4O2S/c1-11-6-2-3-7-12(11)17-21-22-16(19-20-18(22)25-17)15-10-23-13-8-4-5-9-14(13)24-15/h2-9,15H,10H2,1H3/t15-/m1/s1. The summed E-state index contributed by atoms with van der Waals surface area (Å²) in [6.07, 6.45) is -0.336. The van der Waals surface area contributed by atoms with Crippen molar-refractivity contribution in [2.75, 3.05) is 6.61 Å². The molecule has 6 nitrogen and oxygen atoms in total. The Morgan fingerprint density at radius 3 is 2.72 bits per heavy atom. The molecular weight excluding hydrogens is 336 g/mol. The molecule has 4 aromatic rings. The first-order chi connectivity index (χ1) is 12.3. The number of para-hydroxylation sites is 2. The van der Waals surface area contributed by atoms with E-state index in [1.807, 2.05) is 36.4 Å². The summed E-state index contributed by atoms with van der Waals surface area (Å²) < 4.78 is 13.6. The third-order valence-electron chi connectivity index (χ3n) is 4.19. The quantitative estimate of drug-likeness (QED) is 0.552. The second-order valence-electron chi connectivity index (χ2n) is 5.84. The van der Waals surface area contributed by atoms with E-state index < -0.39 is 0 Å². The Kier molecular flexibility index (Phi) is 3.21. The van der Waals surface area contributed by atoms with Gasteiger partial charge in [0.15, 0.2) is 23.4 Å². The lowest BCUT2D eigenvalue weighted by molar-refractivity contribution is 0.0836. The maximum Gasteiger partial charge on any atom is 0.235 e. The van der Waals surface area contributed by atoms with Crippen molar-refractivity contribution in [3.63, 3.8) is 0 Å². The van der Waals surface area contributed by atoms with Crippen LogP contribution >= 0.6 is 11.3 Å². The van der Waals surface area contributed by atoms with E-state index in [9.17, 15) is 0 Å². The Bertz CT molecular complexity index is 1070. The molecule has 2 aromatic heterocycles. The first-order valence-electron chi connectivity index (χ1n) is 7.96. The molecule has 0 saturated heterocycles. The average molecular weight is 350 g/mol. The minimum atomic E-state index is -0.336. The van der Waals surface area contributed by atoms with Gasteiger partial charge in [-0.1, -0.05) is 47.7 Å². The molecule has 124 valence electrons. The molecule has 0 amide bonds. The number of aryl methyl sites for hydroxylation is 1. The molecular formula is C18H14N4O2S. The summed E-state index contributed by atoms with van der Waals surface area (Å²) in [5.74, 6) is 2.11. The predicted molar refractivity (Wildman–Crippen MR) is 94.1 cm³/mol. The van der Waals surface area contributed by atoms with E-state index in [-0.39, 0.29) is 6.10 Å². The van der Waals surface area contributed by atoms with Crippen LogP contribution in [0.3, 0.4) is 0 Å². The van der Waals surface area contributed by atoms with Crippen LogP contribution in [0.25, 0.3) is 15.5 Å². The molecule has 1 aliphatic heterocycles. The zero-order valence-electron chi connectivity index (χ0n) is 13.4. The van der Waals surface area contributed by atoms with Crippen molar-refractivity contribution in [3.8, 4) is 22.1 Å². The Morgan fingerprint density at radius 2 is 1.84 bits per heavy atom. The topological polar surface area (TPSA) is 61.5 Å². The van der Waals surface area contributed by atoms with Gasteiger partial charge in [-0.15, -0.1) is 10.2 Å². The maximum atomic E-state index is 6.04. The fraction of sp³-hybridized carbons (Fsp3) is 0.167. The monoisotopic (exact) mass is 350 g/mol. The van der Waals surface area contributed by atoms with Crippen LogP contribution in [0.1, 0.15) is 17.5 Å². The van der Waals surface area contributed by atoms with Gasteiger partial charge in [0.2, 0.25) is 4.96 Å². The number of benzene rings is 2. The Hall–Kier alpha value is -2.93. The van der Waals surface area contributed by atoms with E-state index >= 15 is 0 Å². The summed E-state index contributed by atoms with van der Waals surface area (Å²) in [5.41, 5.74) is 2.29. The third-order valence-corrected chi connectivity index (χ3v) is 5.12. The minimum absolute atomic E-state index is 0.336. The van der Waals surface area contributed by atoms with Crippen LogP contribution in [0.5, 0.6) is 11.5 Å². The third kappa shape index (κ3) is 2.35. The zero-order valence-corrected chi connectivity index (χ0v) is 14.2. The number of aromatic nitrogens is 4. The fourth-order valence-corrected chi connectivity index (χ4v) is 3.84. The van der Waals surface area contributed by atoms with Gasteiger partial charge in [0, 0.05) is 5.56 Å². The molecule has 2 aromatic carbocycles. The molecule has 0 saturated carbocycles. The van der Waals surface area contributed by atoms with Crippen LogP contribution in [-0.2, 0) is 0 Å². The lowest BCUT2D eigenvalue weighted by atomic mass is 10.1. The van der Waals surface area contributed by atoms with Gasteiger partial charge >= 0.3 is 0 Å². The molecule has 0 N–H and O–H groups in total. The molecule has 5 rings (SSSR count). The van der Waals surface area contributed by atoms with Crippen molar-refractivity contribution in [2.45, 2.75) is 13.0 Å². The zero-order chi connectivity index (χ0) is 16.8. The molecule has 0 fully saturated rings. The fourth-order valence-electron chi connectivity index (χ4n) is 2.90. The van der Waals surface area contributed by atoms with E-state index in [2.05, 4.69) is 29.3 Å². The van der Waals surface area contributed by atoms with E-state index in [1.165, 1.54) is 16.9 Å². The molecule has 0 spiro atoms. The van der Waals surface area contributed by atoms with Crippen LogP contribution in [0.15, 0.2) is 48.5 Å². The highest BCUT2D eigenvalue weighted by Crippen LogP contribution is 2.36. The molecule has 0 bridgehead atoms. The summed E-state index contributed by atoms with van der Waals surface area (Å²) in [5, 5.41) is 14.2. The van der Waals surface area contributed by atoms with Gasteiger partial charge in [-0.2, -0.15) is 9.61 Å². The summed E-state index contributed by atoms with van der Waals surface area (Å²) in [6, 6.07) is 15.8. The maximum absolute atomic E-state index is 6.04. The van der Waals surface area contributed by atoms with Crippen molar-refractivity contribution < 1.29 is 9.47 Å². The van der Waals surface area contributed by atoms with E-state index in [0.29, 0.717) is 18.2 Å². The van der Waals surface area contributed by atoms with Crippen molar-refractivity contribution in [1.82, 2.24) is 19.8 Å². The van der Waals surface area contributed by atoms with Gasteiger partial charge in [0.1, 0.15) is 11.6 Å². The number of hydrogen-bond acceptors (Lipinski definition) is 6. The normalized spacial score (nSPS) is 16.3. The molecule has 0 unspecified atom stereocenters. The van der Waals surface area contributed by atoms with E-state index in [1.54, 1.807) is 4.52 Å². The van der Waals surface area contributed by atoms with Gasteiger partial charge in [0.25, 0.3) is 0 Å². The summed E-state index contributed by atoms with van der Waals surface area (Å²) in [7, 11) is 0. The Balaban J connectivity index is 1.54. The molecule has 25 heavy (non-hydrogen) atoms. The molecule has 3 heterocycles.